The highest BCUT2D eigenvalue weighted by Crippen LogP contribution is 2.35. The Morgan fingerprint density at radius 1 is 1.21 bits per heavy atom. The predicted octanol–water partition coefficient (Wildman–Crippen LogP) is 4.02. The van der Waals surface area contributed by atoms with Gasteiger partial charge in [0.1, 0.15) is 15.4 Å². The molecule has 3 nitrogen and oxygen atoms in total. The van der Waals surface area contributed by atoms with Crippen molar-refractivity contribution < 1.29 is 9.18 Å². The molecule has 1 heterocycles. The maximum Gasteiger partial charge on any atom is 0.238 e. The molecule has 0 bridgehead atoms. The lowest BCUT2D eigenvalue weighted by molar-refractivity contribution is -0.120. The van der Waals surface area contributed by atoms with Crippen molar-refractivity contribution in [3.8, 4) is 0 Å². The fourth-order valence-corrected chi connectivity index (χ4v) is 4.47. The van der Waals surface area contributed by atoms with Crippen molar-refractivity contribution >= 4 is 33.8 Å². The van der Waals surface area contributed by atoms with Gasteiger partial charge in [-0.3, -0.25) is 9.79 Å². The smallest absolute Gasteiger partial charge is 0.238 e. The molecule has 1 N–H and O–H groups in total. The second-order valence-corrected chi connectivity index (χ2v) is 7.68. The number of hydrogen-bond donors (Lipinski definition) is 1. The van der Waals surface area contributed by atoms with Crippen molar-refractivity contribution in [1.29, 1.82) is 0 Å². The molecule has 1 amide bonds. The van der Waals surface area contributed by atoms with E-state index in [0.717, 1.165) is 27.8 Å². The quantitative estimate of drug-likeness (QED) is 0.876. The Hall–Kier alpha value is -1.79. The average Bonchev–Trinajstić information content (AvgIpc) is 3.13. The van der Waals surface area contributed by atoms with Gasteiger partial charge in [0.05, 0.1) is 6.54 Å². The van der Waals surface area contributed by atoms with Crippen LogP contribution in [-0.4, -0.2) is 22.6 Å². The topological polar surface area (TPSA) is 41.5 Å². The van der Waals surface area contributed by atoms with Crippen LogP contribution in [-0.2, 0) is 11.3 Å². The number of rotatable bonds is 5. The van der Waals surface area contributed by atoms with Gasteiger partial charge in [0.15, 0.2) is 0 Å². The SMILES string of the molecule is O=C(NCc1ccc(F)cc1)C(SC1=NCCS1)c1ccccc1. The van der Waals surface area contributed by atoms with Crippen LogP contribution < -0.4 is 5.32 Å². The Labute approximate surface area is 149 Å². The van der Waals surface area contributed by atoms with Crippen molar-refractivity contribution in [3.05, 3.63) is 71.5 Å². The molecule has 0 aliphatic carbocycles. The fourth-order valence-electron chi connectivity index (χ4n) is 2.27. The minimum Gasteiger partial charge on any atom is -0.351 e. The number of thioether (sulfide) groups is 2. The molecule has 1 atom stereocenters. The van der Waals surface area contributed by atoms with Gasteiger partial charge in [0, 0.05) is 12.3 Å². The summed E-state index contributed by atoms with van der Waals surface area (Å²) in [5.74, 6) is 0.630. The van der Waals surface area contributed by atoms with Gasteiger partial charge in [-0.2, -0.15) is 0 Å². The number of carbonyl (C=O) groups is 1. The van der Waals surface area contributed by atoms with Crippen molar-refractivity contribution in [2.75, 3.05) is 12.3 Å². The molecule has 3 rings (SSSR count). The number of hydrogen-bond acceptors (Lipinski definition) is 4. The van der Waals surface area contributed by atoms with E-state index in [9.17, 15) is 9.18 Å². The summed E-state index contributed by atoms with van der Waals surface area (Å²) in [5.41, 5.74) is 1.82. The molecule has 0 aromatic heterocycles. The fraction of sp³-hybridized carbons (Fsp3) is 0.222. The summed E-state index contributed by atoms with van der Waals surface area (Å²) in [6.07, 6.45) is 0. The normalized spacial score (nSPS) is 15.0. The van der Waals surface area contributed by atoms with Gasteiger partial charge in [-0.1, -0.05) is 66.0 Å². The van der Waals surface area contributed by atoms with Crippen LogP contribution in [0.4, 0.5) is 4.39 Å². The van der Waals surface area contributed by atoms with Gasteiger partial charge < -0.3 is 5.32 Å². The number of carbonyl (C=O) groups excluding carboxylic acids is 1. The molecular weight excluding hydrogens is 343 g/mol. The Kier molecular flexibility index (Phi) is 5.93. The first-order valence-electron chi connectivity index (χ1n) is 7.63. The number of nitrogens with zero attached hydrogens (tertiary/aromatic N) is 1. The Balaban J connectivity index is 1.69. The zero-order chi connectivity index (χ0) is 16.8. The molecule has 0 fully saturated rings. The molecule has 1 unspecified atom stereocenters. The van der Waals surface area contributed by atoms with Crippen LogP contribution in [0, 0.1) is 5.82 Å². The molecule has 6 heteroatoms. The van der Waals surface area contributed by atoms with Gasteiger partial charge >= 0.3 is 0 Å². The van der Waals surface area contributed by atoms with Crippen molar-refractivity contribution in [2.24, 2.45) is 4.99 Å². The number of nitrogens with one attached hydrogen (secondary N) is 1. The van der Waals surface area contributed by atoms with Crippen molar-refractivity contribution in [1.82, 2.24) is 5.32 Å². The molecule has 1 aliphatic rings. The summed E-state index contributed by atoms with van der Waals surface area (Å²) in [6, 6.07) is 15.9. The second kappa shape index (κ2) is 8.35. The highest BCUT2D eigenvalue weighted by molar-refractivity contribution is 8.39. The number of aliphatic imine (C=N–C) groups is 1. The molecule has 0 saturated heterocycles. The summed E-state index contributed by atoms with van der Waals surface area (Å²) < 4.78 is 13.9. The van der Waals surface area contributed by atoms with Gasteiger partial charge in [-0.25, -0.2) is 4.39 Å². The van der Waals surface area contributed by atoms with Crippen LogP contribution >= 0.6 is 23.5 Å². The third-order valence-corrected chi connectivity index (χ3v) is 5.95. The largest absolute Gasteiger partial charge is 0.351 e. The predicted molar refractivity (Wildman–Crippen MR) is 99.8 cm³/mol. The van der Waals surface area contributed by atoms with E-state index in [-0.39, 0.29) is 17.0 Å². The van der Waals surface area contributed by atoms with Crippen molar-refractivity contribution in [2.45, 2.75) is 11.8 Å². The number of amides is 1. The summed E-state index contributed by atoms with van der Waals surface area (Å²) in [7, 11) is 0. The van der Waals surface area contributed by atoms with Crippen molar-refractivity contribution in [3.63, 3.8) is 0 Å². The van der Waals surface area contributed by atoms with E-state index in [0.29, 0.717) is 6.54 Å². The van der Waals surface area contributed by atoms with Crippen LogP contribution in [0.25, 0.3) is 0 Å². The van der Waals surface area contributed by atoms with Crippen LogP contribution in [0.2, 0.25) is 0 Å². The molecule has 124 valence electrons. The Bertz CT molecular complexity index is 720. The first-order chi connectivity index (χ1) is 11.7. The maximum atomic E-state index is 13.0. The molecular formula is C18H17FN2OS2. The standard InChI is InChI=1S/C18H17FN2OS2/c19-15-8-6-13(7-9-15)12-21-17(22)16(14-4-2-1-3-5-14)24-18-20-10-11-23-18/h1-9,16H,10-12H2,(H,21,22). The molecule has 0 saturated carbocycles. The van der Waals surface area contributed by atoms with Crippen LogP contribution in [0.15, 0.2) is 59.6 Å². The van der Waals surface area contributed by atoms with E-state index >= 15 is 0 Å². The Morgan fingerprint density at radius 3 is 2.62 bits per heavy atom. The van der Waals surface area contributed by atoms with Gasteiger partial charge in [-0.15, -0.1) is 0 Å². The van der Waals surface area contributed by atoms with Crippen LogP contribution in [0.5, 0.6) is 0 Å². The lowest BCUT2D eigenvalue weighted by Gasteiger charge is -2.16. The second-order valence-electron chi connectivity index (χ2n) is 5.25. The highest BCUT2D eigenvalue weighted by Gasteiger charge is 2.24. The van der Waals surface area contributed by atoms with E-state index in [1.807, 2.05) is 30.3 Å². The Morgan fingerprint density at radius 2 is 1.96 bits per heavy atom. The van der Waals surface area contributed by atoms with E-state index in [1.54, 1.807) is 23.9 Å². The van der Waals surface area contributed by atoms with Gasteiger partial charge in [-0.05, 0) is 23.3 Å². The first-order valence-corrected chi connectivity index (χ1v) is 9.50. The van der Waals surface area contributed by atoms with E-state index in [1.165, 1.54) is 23.9 Å². The first kappa shape index (κ1) is 17.0. The third kappa shape index (κ3) is 4.61. The van der Waals surface area contributed by atoms with Crippen LogP contribution in [0.1, 0.15) is 16.4 Å². The molecule has 2 aromatic carbocycles. The third-order valence-electron chi connectivity index (χ3n) is 3.50. The summed E-state index contributed by atoms with van der Waals surface area (Å²) in [5, 5.41) is 2.61. The minimum absolute atomic E-state index is 0.0641. The van der Waals surface area contributed by atoms with E-state index in [2.05, 4.69) is 10.3 Å². The van der Waals surface area contributed by atoms with Gasteiger partial charge in [0.25, 0.3) is 0 Å². The zero-order valence-electron chi connectivity index (χ0n) is 12.9. The van der Waals surface area contributed by atoms with Crippen LogP contribution in [0.3, 0.4) is 0 Å². The molecule has 1 aliphatic heterocycles. The minimum atomic E-state index is -0.337. The summed E-state index contributed by atoms with van der Waals surface area (Å²) in [4.78, 5) is 17.1. The van der Waals surface area contributed by atoms with Gasteiger partial charge in [0.2, 0.25) is 5.91 Å². The molecule has 0 spiro atoms. The van der Waals surface area contributed by atoms with E-state index < -0.39 is 0 Å². The molecule has 2 aromatic rings. The average molecular weight is 360 g/mol. The summed E-state index contributed by atoms with van der Waals surface area (Å²) >= 11 is 3.18. The zero-order valence-corrected chi connectivity index (χ0v) is 14.6. The number of halogens is 1. The lowest BCUT2D eigenvalue weighted by Crippen LogP contribution is -2.28. The maximum absolute atomic E-state index is 13.0. The summed E-state index contributed by atoms with van der Waals surface area (Å²) in [6.45, 7) is 1.19. The molecule has 24 heavy (non-hydrogen) atoms. The van der Waals surface area contributed by atoms with E-state index in [4.69, 9.17) is 0 Å². The monoisotopic (exact) mass is 360 g/mol. The lowest BCUT2D eigenvalue weighted by atomic mass is 10.1. The molecule has 0 radical (unpaired) electrons. The number of benzene rings is 2. The highest BCUT2D eigenvalue weighted by atomic mass is 32.2.